The Hall–Kier alpha value is -2.99. The fourth-order valence-electron chi connectivity index (χ4n) is 3.48. The normalized spacial score (nSPS) is 16.0. The minimum atomic E-state index is -3.10. The van der Waals surface area contributed by atoms with Gasteiger partial charge in [-0.1, -0.05) is 21.4 Å². The topological polar surface area (TPSA) is 63.9 Å². The van der Waals surface area contributed by atoms with Crippen LogP contribution in [0.2, 0.25) is 0 Å². The van der Waals surface area contributed by atoms with Crippen LogP contribution in [0.25, 0.3) is 11.9 Å². The average Bonchev–Trinajstić information content (AvgIpc) is 3.13. The van der Waals surface area contributed by atoms with E-state index < -0.39 is 5.66 Å². The van der Waals surface area contributed by atoms with E-state index in [2.05, 4.69) is 15.0 Å². The molecule has 2 aromatic heterocycles. The van der Waals surface area contributed by atoms with Gasteiger partial charge in [0, 0.05) is 29.7 Å². The van der Waals surface area contributed by atoms with Crippen molar-refractivity contribution in [3.63, 3.8) is 0 Å². The van der Waals surface area contributed by atoms with Gasteiger partial charge in [0.05, 0.1) is 23.6 Å². The number of hydrogen-bond acceptors (Lipinski definition) is 4. The molecule has 3 heterocycles. The lowest BCUT2D eigenvalue weighted by molar-refractivity contribution is 0.0771. The van der Waals surface area contributed by atoms with Gasteiger partial charge in [0.15, 0.2) is 5.82 Å². The van der Waals surface area contributed by atoms with Gasteiger partial charge in [-0.15, -0.1) is 0 Å². The zero-order chi connectivity index (χ0) is 20.8. The lowest BCUT2D eigenvalue weighted by Gasteiger charge is -2.29. The molecule has 0 radical (unpaired) electrons. The molecule has 1 aliphatic rings. The van der Waals surface area contributed by atoms with Crippen molar-refractivity contribution in [2.45, 2.75) is 25.6 Å². The molecule has 1 aromatic carbocycles. The first-order valence-electron chi connectivity index (χ1n) is 8.90. The van der Waals surface area contributed by atoms with Crippen LogP contribution in [0.1, 0.15) is 45.8 Å². The quantitative estimate of drug-likeness (QED) is 0.607. The fourth-order valence-corrected chi connectivity index (χ4v) is 3.79. The van der Waals surface area contributed by atoms with Gasteiger partial charge in [0.2, 0.25) is 0 Å². The van der Waals surface area contributed by atoms with Crippen LogP contribution in [0.4, 0.5) is 8.78 Å². The number of imidazole rings is 1. The van der Waals surface area contributed by atoms with Gasteiger partial charge < -0.3 is 4.90 Å². The molecule has 0 N–H and O–H groups in total. The van der Waals surface area contributed by atoms with E-state index in [0.717, 1.165) is 5.69 Å². The summed E-state index contributed by atoms with van der Waals surface area (Å²) in [6.45, 7) is 3.38. The van der Waals surface area contributed by atoms with E-state index in [4.69, 9.17) is 0 Å². The molecule has 1 aliphatic heterocycles. The van der Waals surface area contributed by atoms with Crippen LogP contribution in [-0.4, -0.2) is 30.3 Å². The summed E-state index contributed by atoms with van der Waals surface area (Å²) >= 11 is 0. The van der Waals surface area contributed by atoms with Crippen LogP contribution in [0.3, 0.4) is 0 Å². The fraction of sp³-hybridized carbons (Fsp3) is 0.200. The van der Waals surface area contributed by atoms with Crippen LogP contribution in [0.15, 0.2) is 49.3 Å². The second-order valence-corrected chi connectivity index (χ2v) is 7.48. The lowest BCUT2D eigenvalue weighted by Crippen LogP contribution is -2.32. The van der Waals surface area contributed by atoms with Gasteiger partial charge in [0.25, 0.3) is 11.6 Å². The maximum atomic E-state index is 13.8. The molecule has 9 heteroatoms. The van der Waals surface area contributed by atoms with E-state index in [1.54, 1.807) is 47.8 Å². The van der Waals surface area contributed by atoms with Crippen LogP contribution in [0, 0.1) is 6.92 Å². The number of carbonyl (C=O) groups is 1. The van der Waals surface area contributed by atoms with E-state index in [1.165, 1.54) is 33.2 Å². The van der Waals surface area contributed by atoms with Crippen LogP contribution >= 0.6 is 9.24 Å². The van der Waals surface area contributed by atoms with Gasteiger partial charge >= 0.3 is 0 Å². The molecule has 148 valence electrons. The molecule has 29 heavy (non-hydrogen) atoms. The van der Waals surface area contributed by atoms with Crippen LogP contribution in [-0.2, 0) is 5.66 Å². The molecule has 1 amide bonds. The number of hydrogen-bond donors (Lipinski definition) is 0. The van der Waals surface area contributed by atoms with Crippen LogP contribution in [0.5, 0.6) is 0 Å². The minimum absolute atomic E-state index is 0.186. The summed E-state index contributed by atoms with van der Waals surface area (Å²) in [4.78, 5) is 27.5. The van der Waals surface area contributed by atoms with Crippen molar-refractivity contribution in [1.29, 1.82) is 0 Å². The highest BCUT2D eigenvalue weighted by Gasteiger charge is 2.32. The third-order valence-electron chi connectivity index (χ3n) is 4.99. The maximum Gasteiger partial charge on any atom is 0.284 e. The molecule has 0 fully saturated rings. The molecular formula is C20H18F2N5OP. The van der Waals surface area contributed by atoms with E-state index >= 15 is 0 Å². The molecule has 0 saturated heterocycles. The first-order chi connectivity index (χ1) is 13.8. The highest BCUT2D eigenvalue weighted by Crippen LogP contribution is 2.38. The molecule has 0 aliphatic carbocycles. The van der Waals surface area contributed by atoms with E-state index in [1.807, 2.05) is 6.92 Å². The summed E-state index contributed by atoms with van der Waals surface area (Å²) < 4.78 is 29.5. The van der Waals surface area contributed by atoms with Crippen molar-refractivity contribution < 1.29 is 13.6 Å². The Morgan fingerprint density at radius 1 is 1.24 bits per heavy atom. The summed E-state index contributed by atoms with van der Waals surface area (Å²) in [6, 6.07) is 3.99. The standard InChI is InChI=1S/C20H18F2N5OP/c1-12-14(4-3-5-15(12)20(21,22)29)19(28)26-9-6-16-18(13(26)2)25-11-27(16)17-10-23-7-8-24-17/h3-11,13H,29H2,1-2H3. The summed E-state index contributed by atoms with van der Waals surface area (Å²) in [5, 5.41) is 0. The molecule has 6 nitrogen and oxygen atoms in total. The maximum absolute atomic E-state index is 13.8. The zero-order valence-electron chi connectivity index (χ0n) is 15.8. The summed E-state index contributed by atoms with van der Waals surface area (Å²) in [5.41, 5.74) is -1.31. The lowest BCUT2D eigenvalue weighted by atomic mass is 9.99. The average molecular weight is 413 g/mol. The van der Waals surface area contributed by atoms with Crippen molar-refractivity contribution in [3.05, 3.63) is 77.4 Å². The third kappa shape index (κ3) is 3.34. The molecule has 3 aromatic rings. The number of nitrogens with zero attached hydrogens (tertiary/aromatic N) is 5. The Morgan fingerprint density at radius 2 is 2.03 bits per heavy atom. The molecule has 0 bridgehead atoms. The number of rotatable bonds is 3. The van der Waals surface area contributed by atoms with Crippen molar-refractivity contribution in [2.75, 3.05) is 0 Å². The van der Waals surface area contributed by atoms with Crippen molar-refractivity contribution >= 4 is 21.2 Å². The zero-order valence-corrected chi connectivity index (χ0v) is 16.9. The summed E-state index contributed by atoms with van der Waals surface area (Å²) in [6.07, 6.45) is 9.83. The second-order valence-electron chi connectivity index (χ2n) is 6.75. The molecule has 2 unspecified atom stereocenters. The van der Waals surface area contributed by atoms with Gasteiger partial charge in [0.1, 0.15) is 6.33 Å². The highest BCUT2D eigenvalue weighted by atomic mass is 31.0. The third-order valence-corrected chi connectivity index (χ3v) is 5.31. The van der Waals surface area contributed by atoms with Gasteiger partial charge in [-0.3, -0.25) is 14.3 Å². The number of carbonyl (C=O) groups excluding carboxylic acids is 1. The molecule has 0 spiro atoms. The Kier molecular flexibility index (Phi) is 4.74. The van der Waals surface area contributed by atoms with Gasteiger partial charge in [-0.05, 0) is 31.6 Å². The van der Waals surface area contributed by atoms with Crippen molar-refractivity contribution in [3.8, 4) is 5.82 Å². The largest absolute Gasteiger partial charge is 0.306 e. The van der Waals surface area contributed by atoms with Gasteiger partial charge in [-0.25, -0.2) is 9.97 Å². The Balaban J connectivity index is 1.70. The molecule has 2 atom stereocenters. The SMILES string of the molecule is Cc1c(C(=O)N2C=Cc3c(ncn3-c3cnccn3)C2C)cccc1C(F)(F)P. The second kappa shape index (κ2) is 7.12. The number of amides is 1. The first kappa shape index (κ1) is 19.3. The smallest absolute Gasteiger partial charge is 0.284 e. The number of alkyl halides is 2. The Labute approximate surface area is 168 Å². The molecule has 0 saturated carbocycles. The Morgan fingerprint density at radius 3 is 2.72 bits per heavy atom. The van der Waals surface area contributed by atoms with E-state index in [-0.39, 0.29) is 28.6 Å². The monoisotopic (exact) mass is 413 g/mol. The van der Waals surface area contributed by atoms with Gasteiger partial charge in [-0.2, -0.15) is 8.78 Å². The number of benzene rings is 1. The Bertz CT molecular complexity index is 1110. The van der Waals surface area contributed by atoms with E-state index in [0.29, 0.717) is 11.5 Å². The molecular weight excluding hydrogens is 395 g/mol. The summed E-state index contributed by atoms with van der Waals surface area (Å²) in [7, 11) is 1.52. The van der Waals surface area contributed by atoms with E-state index in [9.17, 15) is 13.6 Å². The molecule has 4 rings (SSSR count). The first-order valence-corrected chi connectivity index (χ1v) is 9.48. The summed E-state index contributed by atoms with van der Waals surface area (Å²) in [5.74, 6) is 0.256. The minimum Gasteiger partial charge on any atom is -0.306 e. The predicted molar refractivity (Wildman–Crippen MR) is 108 cm³/mol. The van der Waals surface area contributed by atoms with Crippen molar-refractivity contribution in [2.24, 2.45) is 0 Å². The van der Waals surface area contributed by atoms with Crippen LogP contribution < -0.4 is 0 Å². The highest BCUT2D eigenvalue weighted by molar-refractivity contribution is 7.17. The number of aromatic nitrogens is 4. The number of halogens is 2. The van der Waals surface area contributed by atoms with Crippen molar-refractivity contribution in [1.82, 2.24) is 24.4 Å². The predicted octanol–water partition coefficient (Wildman–Crippen LogP) is 4.08. The number of fused-ring (bicyclic) bond motifs is 1.